The van der Waals surface area contributed by atoms with Crippen LogP contribution in [0.5, 0.6) is 23.0 Å². The van der Waals surface area contributed by atoms with Crippen LogP contribution in [0.2, 0.25) is 0 Å². The fourth-order valence-electron chi connectivity index (χ4n) is 8.66. The van der Waals surface area contributed by atoms with Crippen LogP contribution < -0.4 is 19.3 Å². The van der Waals surface area contributed by atoms with Crippen molar-refractivity contribution in [1.82, 2.24) is 0 Å². The smallest absolute Gasteiger partial charge is 0.186 e. The molecule has 6 heteroatoms. The summed E-state index contributed by atoms with van der Waals surface area (Å²) in [6, 6.07) is 12.9. The first-order valence-electron chi connectivity index (χ1n) is 17.8. The van der Waals surface area contributed by atoms with E-state index in [4.69, 9.17) is 9.47 Å². The molecular weight excluding hydrogens is 620 g/mol. The van der Waals surface area contributed by atoms with Gasteiger partial charge in [-0.3, -0.25) is 9.59 Å². The predicted octanol–water partition coefficient (Wildman–Crippen LogP) is 6.55. The van der Waals surface area contributed by atoms with E-state index in [9.17, 15) is 9.59 Å². The molecule has 0 fully saturated rings. The highest BCUT2D eigenvalue weighted by Crippen LogP contribution is 2.55. The van der Waals surface area contributed by atoms with Gasteiger partial charge in [0, 0.05) is 97.5 Å². The number of carbonyl (C=O) groups excluding carboxylic acids is 2. The van der Waals surface area contributed by atoms with Gasteiger partial charge in [-0.15, -0.1) is 0 Å². The summed E-state index contributed by atoms with van der Waals surface area (Å²) in [6.45, 7) is 11.3. The van der Waals surface area contributed by atoms with Crippen LogP contribution in [0.15, 0.2) is 96.2 Å². The van der Waals surface area contributed by atoms with Crippen molar-refractivity contribution in [3.63, 3.8) is 0 Å². The van der Waals surface area contributed by atoms with Gasteiger partial charge in [0.25, 0.3) is 0 Å². The molecule has 3 aromatic rings. The summed E-state index contributed by atoms with van der Waals surface area (Å²) in [5.41, 5.74) is 11.3. The molecule has 6 aliphatic rings. The number of rotatable bonds is 0. The minimum Gasteiger partial charge on any atom is -0.456 e. The third kappa shape index (κ3) is 4.55. The monoisotopic (exact) mass is 662 g/mol. The number of ether oxygens (including phenoxy) is 2. The topological polar surface area (TPSA) is 61.5 Å². The Hall–Kier alpha value is -5.04. The average molecular weight is 663 g/mol. The van der Waals surface area contributed by atoms with Crippen LogP contribution in [-0.2, 0) is 20.4 Å². The molecule has 250 valence electrons. The average Bonchev–Trinajstić information content (AvgIpc) is 3.09. The third-order valence-electron chi connectivity index (χ3n) is 11.8. The minimum atomic E-state index is -0.0464. The third-order valence-corrected chi connectivity index (χ3v) is 11.8. The van der Waals surface area contributed by atoms with E-state index in [0.29, 0.717) is 22.6 Å². The molecule has 2 N–H and O–H groups in total. The van der Waals surface area contributed by atoms with Gasteiger partial charge >= 0.3 is 0 Å². The van der Waals surface area contributed by atoms with Gasteiger partial charge in [0.15, 0.2) is 11.6 Å². The van der Waals surface area contributed by atoms with E-state index in [1.165, 1.54) is 32.3 Å². The maximum Gasteiger partial charge on any atom is 0.186 e. The first-order chi connectivity index (χ1) is 23.9. The highest BCUT2D eigenvalue weighted by Gasteiger charge is 2.40. The number of carbonyl (C=O) groups is 2. The number of ketones is 2. The van der Waals surface area contributed by atoms with Crippen molar-refractivity contribution >= 4 is 34.1 Å². The van der Waals surface area contributed by atoms with Crippen molar-refractivity contribution in [1.29, 1.82) is 0 Å². The van der Waals surface area contributed by atoms with Crippen molar-refractivity contribution in [2.45, 2.75) is 51.4 Å². The zero-order chi connectivity index (χ0) is 34.7. The largest absolute Gasteiger partial charge is 0.456 e. The summed E-state index contributed by atoms with van der Waals surface area (Å²) in [5.74, 6) is 2.63. The van der Waals surface area contributed by atoms with Gasteiger partial charge < -0.3 is 19.3 Å². The molecule has 4 aliphatic heterocycles. The van der Waals surface area contributed by atoms with E-state index in [2.05, 4.69) is 72.1 Å². The van der Waals surface area contributed by atoms with Gasteiger partial charge in [-0.1, -0.05) is 64.2 Å². The zero-order valence-electron chi connectivity index (χ0n) is 29.5. The van der Waals surface area contributed by atoms with Crippen molar-refractivity contribution in [3.8, 4) is 23.0 Å². The first-order valence-corrected chi connectivity index (χ1v) is 17.8. The van der Waals surface area contributed by atoms with Crippen LogP contribution in [-0.4, -0.2) is 38.8 Å². The Morgan fingerprint density at radius 1 is 0.520 bits per heavy atom. The van der Waals surface area contributed by atoms with Crippen molar-refractivity contribution in [2.75, 3.05) is 27.2 Å². The molecule has 2 unspecified atom stereocenters. The molecule has 0 amide bonds. The lowest BCUT2D eigenvalue weighted by Crippen LogP contribution is -3.05. The molecule has 0 radical (unpaired) electrons. The summed E-state index contributed by atoms with van der Waals surface area (Å²) in [7, 11) is 4.42. The normalized spacial score (nSPS) is 26.2. The lowest BCUT2D eigenvalue weighted by molar-refractivity contribution is -0.814. The van der Waals surface area contributed by atoms with Crippen LogP contribution in [0.4, 0.5) is 11.4 Å². The van der Waals surface area contributed by atoms with Crippen molar-refractivity contribution in [3.05, 3.63) is 130 Å². The van der Waals surface area contributed by atoms with Gasteiger partial charge in [-0.2, -0.15) is 0 Å². The highest BCUT2D eigenvalue weighted by molar-refractivity contribution is 6.18. The van der Waals surface area contributed by atoms with Gasteiger partial charge in [0.2, 0.25) is 0 Å². The second kappa shape index (κ2) is 10.7. The van der Waals surface area contributed by atoms with E-state index in [1.807, 2.05) is 30.4 Å². The van der Waals surface area contributed by atoms with E-state index in [0.717, 1.165) is 70.8 Å². The van der Waals surface area contributed by atoms with Gasteiger partial charge in [-0.25, -0.2) is 0 Å². The van der Waals surface area contributed by atoms with Crippen LogP contribution in [0.25, 0.3) is 11.1 Å². The summed E-state index contributed by atoms with van der Waals surface area (Å²) in [5, 5.41) is 0. The van der Waals surface area contributed by atoms with E-state index >= 15 is 0 Å². The standard InChI is InChI=1S/C44H40N2O4/c1-43(2)15-17-45(5)33-22-37-29(20-31(33)43)41(25-11-7-9-13-35(25)47)27-19-28-40(24-39(27)49-37)50-38-23-34-32(44(3,4)16-18-46(34)6)21-30(38)42(28)26-12-8-10-14-36(26)48/h7-14,19-24H,15-18H2,1-6H3/p+2. The second-order valence-electron chi connectivity index (χ2n) is 15.9. The number of quaternary nitrogens is 2. The highest BCUT2D eigenvalue weighted by atomic mass is 16.5. The Kier molecular flexibility index (Phi) is 6.65. The van der Waals surface area contributed by atoms with E-state index in [1.54, 1.807) is 24.3 Å². The van der Waals surface area contributed by atoms with Gasteiger partial charge in [0.05, 0.1) is 27.2 Å². The number of benzene rings is 3. The van der Waals surface area contributed by atoms with Crippen LogP contribution in [0.1, 0.15) is 73.9 Å². The van der Waals surface area contributed by atoms with Gasteiger partial charge in [-0.05, 0) is 30.4 Å². The summed E-state index contributed by atoms with van der Waals surface area (Å²) < 4.78 is 13.6. The van der Waals surface area contributed by atoms with Crippen molar-refractivity contribution < 1.29 is 28.9 Å². The number of allylic oxidation sites excluding steroid dienone is 10. The molecule has 0 saturated heterocycles. The Morgan fingerprint density at radius 2 is 0.900 bits per heavy atom. The maximum absolute atomic E-state index is 13.7. The van der Waals surface area contributed by atoms with Crippen LogP contribution in [0, 0.1) is 0 Å². The molecule has 0 bridgehead atoms. The zero-order valence-corrected chi connectivity index (χ0v) is 29.5. The molecule has 2 aliphatic carbocycles. The van der Waals surface area contributed by atoms with Crippen molar-refractivity contribution in [2.24, 2.45) is 0 Å². The fourth-order valence-corrected chi connectivity index (χ4v) is 8.66. The Bertz CT molecular complexity index is 2130. The Balaban J connectivity index is 1.33. The summed E-state index contributed by atoms with van der Waals surface area (Å²) in [6.07, 6.45) is 16.6. The maximum atomic E-state index is 13.7. The molecule has 0 spiro atoms. The molecule has 9 rings (SSSR count). The van der Waals surface area contributed by atoms with E-state index < -0.39 is 0 Å². The molecule has 6 nitrogen and oxygen atoms in total. The molecule has 2 atom stereocenters. The molecular formula is C44H42N2O4+2. The van der Waals surface area contributed by atoms with Gasteiger partial charge in [0.1, 0.15) is 34.4 Å². The van der Waals surface area contributed by atoms with Crippen LogP contribution >= 0.6 is 0 Å². The van der Waals surface area contributed by atoms with Crippen LogP contribution in [0.3, 0.4) is 0 Å². The Labute approximate surface area is 293 Å². The minimum absolute atomic E-state index is 0.0267. The molecule has 0 aromatic heterocycles. The molecule has 3 aromatic carbocycles. The summed E-state index contributed by atoms with van der Waals surface area (Å²) in [4.78, 5) is 30.0. The molecule has 50 heavy (non-hydrogen) atoms. The molecule has 4 heterocycles. The predicted molar refractivity (Wildman–Crippen MR) is 196 cm³/mol. The second-order valence-corrected chi connectivity index (χ2v) is 15.9. The molecule has 0 saturated carbocycles. The number of hydrogen-bond donors (Lipinski definition) is 2. The number of nitrogens with one attached hydrogen (secondary N) is 2. The lowest BCUT2D eigenvalue weighted by atomic mass is 9.74. The number of fused-ring (bicyclic) bond motifs is 6. The lowest BCUT2D eigenvalue weighted by Gasteiger charge is -2.37. The van der Waals surface area contributed by atoms with E-state index in [-0.39, 0.29) is 22.4 Å². The Morgan fingerprint density at radius 3 is 1.32 bits per heavy atom. The fraction of sp³-hybridized carbons (Fsp3) is 0.273. The number of hydrogen-bond acceptors (Lipinski definition) is 4. The SMILES string of the molecule is C[NH+]1CCC(C)(C)c2cc3c(cc21)Oc1cc2c(cc1C3=C1C=CC=CC1=O)C(=C1C=CC=CC1=O)c1cc3c(cc1O2)[NH+](C)CCC3(C)C. The summed E-state index contributed by atoms with van der Waals surface area (Å²) >= 11 is 0. The quantitative estimate of drug-likeness (QED) is 0.185. The first kappa shape index (κ1) is 31.0.